The van der Waals surface area contributed by atoms with Gasteiger partial charge in [0.1, 0.15) is 11.6 Å². The number of amides is 2. The molecule has 0 spiro atoms. The lowest BCUT2D eigenvalue weighted by atomic mass is 9.73. The van der Waals surface area contributed by atoms with E-state index in [1.807, 2.05) is 0 Å². The van der Waals surface area contributed by atoms with Crippen molar-refractivity contribution >= 4 is 17.7 Å². The van der Waals surface area contributed by atoms with E-state index in [-0.39, 0.29) is 24.7 Å². The van der Waals surface area contributed by atoms with Crippen LogP contribution in [-0.4, -0.2) is 66.2 Å². The first-order valence-electron chi connectivity index (χ1n) is 10.4. The average molecular weight is 429 g/mol. The molecule has 0 aliphatic carbocycles. The summed E-state index contributed by atoms with van der Waals surface area (Å²) in [6.45, 7) is 3.07. The number of carbonyl (C=O) groups is 2. The second-order valence-corrected chi connectivity index (χ2v) is 8.11. The van der Waals surface area contributed by atoms with Gasteiger partial charge in [-0.15, -0.1) is 0 Å². The Morgan fingerprint density at radius 3 is 1.74 bits per heavy atom. The third kappa shape index (κ3) is 4.19. The average Bonchev–Trinajstić information content (AvgIpc) is 2.80. The van der Waals surface area contributed by atoms with Crippen LogP contribution in [0.5, 0.6) is 0 Å². The van der Waals surface area contributed by atoms with E-state index in [4.69, 9.17) is 0 Å². The number of carboxylic acids is 1. The molecule has 31 heavy (non-hydrogen) atoms. The number of urea groups is 1. The van der Waals surface area contributed by atoms with E-state index < -0.39 is 17.2 Å². The number of carboxylic acid groups (broad SMARTS) is 1. The highest BCUT2D eigenvalue weighted by molar-refractivity contribution is 5.82. The van der Waals surface area contributed by atoms with Crippen LogP contribution in [0.3, 0.4) is 0 Å². The van der Waals surface area contributed by atoms with Gasteiger partial charge in [0.2, 0.25) is 0 Å². The summed E-state index contributed by atoms with van der Waals surface area (Å²) in [4.78, 5) is 30.7. The topological polar surface area (TPSA) is 64.1 Å². The summed E-state index contributed by atoms with van der Waals surface area (Å²) in [5, 5.41) is 9.90. The van der Waals surface area contributed by atoms with E-state index in [1.165, 1.54) is 36.4 Å². The molecule has 2 aromatic carbocycles. The van der Waals surface area contributed by atoms with Crippen molar-refractivity contribution in [3.63, 3.8) is 0 Å². The molecular formula is C23H25F2N3O3. The molecule has 8 heteroatoms. The number of hydrogen-bond acceptors (Lipinski definition) is 3. The Bertz CT molecular complexity index is 934. The quantitative estimate of drug-likeness (QED) is 0.813. The van der Waals surface area contributed by atoms with E-state index in [0.29, 0.717) is 44.8 Å². The summed E-state index contributed by atoms with van der Waals surface area (Å²) in [6, 6.07) is 11.8. The zero-order valence-electron chi connectivity index (χ0n) is 17.1. The predicted octanol–water partition coefficient (Wildman–Crippen LogP) is 3.33. The second-order valence-electron chi connectivity index (χ2n) is 8.11. The van der Waals surface area contributed by atoms with Gasteiger partial charge in [0, 0.05) is 45.0 Å². The zero-order chi connectivity index (χ0) is 22.0. The first-order valence-corrected chi connectivity index (χ1v) is 10.4. The van der Waals surface area contributed by atoms with Crippen molar-refractivity contribution < 1.29 is 23.5 Å². The van der Waals surface area contributed by atoms with Gasteiger partial charge in [-0.05, 0) is 54.8 Å². The molecular weight excluding hydrogens is 404 g/mol. The third-order valence-electron chi connectivity index (χ3n) is 6.44. The van der Waals surface area contributed by atoms with Crippen LogP contribution in [-0.2, 0) is 10.2 Å². The Balaban J connectivity index is 1.36. The molecule has 2 aliphatic rings. The van der Waals surface area contributed by atoms with Gasteiger partial charge in [0.25, 0.3) is 0 Å². The van der Waals surface area contributed by atoms with Crippen LogP contribution in [0.1, 0.15) is 18.4 Å². The van der Waals surface area contributed by atoms with Crippen molar-refractivity contribution in [1.29, 1.82) is 0 Å². The number of anilines is 1. The molecule has 164 valence electrons. The van der Waals surface area contributed by atoms with E-state index in [0.717, 1.165) is 5.69 Å². The molecule has 2 fully saturated rings. The van der Waals surface area contributed by atoms with Crippen LogP contribution in [0, 0.1) is 11.6 Å². The molecule has 2 saturated heterocycles. The number of carbonyl (C=O) groups excluding carboxylic acids is 1. The van der Waals surface area contributed by atoms with Crippen molar-refractivity contribution in [3.8, 4) is 0 Å². The van der Waals surface area contributed by atoms with Crippen molar-refractivity contribution in [2.75, 3.05) is 44.2 Å². The smallest absolute Gasteiger partial charge is 0.320 e. The van der Waals surface area contributed by atoms with Crippen molar-refractivity contribution in [2.45, 2.75) is 18.3 Å². The van der Waals surface area contributed by atoms with Crippen LogP contribution in [0.25, 0.3) is 0 Å². The Kier molecular flexibility index (Phi) is 5.80. The lowest BCUT2D eigenvalue weighted by molar-refractivity contribution is -0.145. The molecule has 6 nitrogen and oxygen atoms in total. The minimum Gasteiger partial charge on any atom is -0.481 e. The predicted molar refractivity (Wildman–Crippen MR) is 112 cm³/mol. The number of halogens is 2. The minimum absolute atomic E-state index is 0.0862. The van der Waals surface area contributed by atoms with Gasteiger partial charge in [-0.25, -0.2) is 13.6 Å². The van der Waals surface area contributed by atoms with Gasteiger partial charge < -0.3 is 19.8 Å². The molecule has 2 aromatic rings. The molecule has 2 amide bonds. The van der Waals surface area contributed by atoms with Crippen molar-refractivity contribution in [1.82, 2.24) is 9.80 Å². The monoisotopic (exact) mass is 429 g/mol. The first kappa shape index (κ1) is 21.1. The normalized spacial score (nSPS) is 18.7. The maximum absolute atomic E-state index is 13.3. The van der Waals surface area contributed by atoms with Gasteiger partial charge in [-0.2, -0.15) is 0 Å². The maximum atomic E-state index is 13.3. The van der Waals surface area contributed by atoms with Crippen LogP contribution in [0.15, 0.2) is 48.5 Å². The molecule has 1 N–H and O–H groups in total. The van der Waals surface area contributed by atoms with Crippen LogP contribution < -0.4 is 4.90 Å². The van der Waals surface area contributed by atoms with E-state index in [2.05, 4.69) is 4.90 Å². The van der Waals surface area contributed by atoms with Gasteiger partial charge in [-0.1, -0.05) is 12.1 Å². The number of likely N-dealkylation sites (tertiary alicyclic amines) is 1. The summed E-state index contributed by atoms with van der Waals surface area (Å²) in [6.07, 6.45) is 0.574. The van der Waals surface area contributed by atoms with E-state index in [9.17, 15) is 23.5 Å². The Labute approximate surface area is 179 Å². The van der Waals surface area contributed by atoms with Gasteiger partial charge >= 0.3 is 12.0 Å². The number of piperazine rings is 1. The highest BCUT2D eigenvalue weighted by Crippen LogP contribution is 2.36. The van der Waals surface area contributed by atoms with Gasteiger partial charge in [-0.3, -0.25) is 4.79 Å². The second kappa shape index (κ2) is 8.53. The summed E-state index contributed by atoms with van der Waals surface area (Å²) in [7, 11) is 0. The molecule has 0 bridgehead atoms. The van der Waals surface area contributed by atoms with Crippen LogP contribution >= 0.6 is 0 Å². The third-order valence-corrected chi connectivity index (χ3v) is 6.44. The molecule has 2 aliphatic heterocycles. The fourth-order valence-corrected chi connectivity index (χ4v) is 4.48. The number of nitrogens with zero attached hydrogens (tertiary/aromatic N) is 3. The van der Waals surface area contributed by atoms with Gasteiger partial charge in [0.05, 0.1) is 5.41 Å². The zero-order valence-corrected chi connectivity index (χ0v) is 17.1. The molecule has 0 unspecified atom stereocenters. The number of rotatable bonds is 3. The lowest BCUT2D eigenvalue weighted by Gasteiger charge is -2.43. The Morgan fingerprint density at radius 1 is 0.742 bits per heavy atom. The lowest BCUT2D eigenvalue weighted by Crippen LogP contribution is -2.56. The highest BCUT2D eigenvalue weighted by atomic mass is 19.1. The number of aliphatic carboxylic acids is 1. The summed E-state index contributed by atoms with van der Waals surface area (Å²) in [5.74, 6) is -1.63. The number of hydrogen-bond donors (Lipinski definition) is 1. The fraction of sp³-hybridized carbons (Fsp3) is 0.391. The first-order chi connectivity index (χ1) is 14.9. The standard InChI is InChI=1S/C23H25F2N3O3/c24-18-3-1-17(2-4-18)23(21(29)30)9-11-27(12-10-23)22(31)28-15-13-26(14-16-28)20-7-5-19(25)6-8-20/h1-8H,9-16H2,(H,29,30). The molecule has 2 heterocycles. The molecule has 0 saturated carbocycles. The van der Waals surface area contributed by atoms with Crippen molar-refractivity contribution in [3.05, 3.63) is 65.7 Å². The fourth-order valence-electron chi connectivity index (χ4n) is 4.48. The van der Waals surface area contributed by atoms with Crippen LogP contribution in [0.4, 0.5) is 19.3 Å². The molecule has 0 aromatic heterocycles. The number of benzene rings is 2. The van der Waals surface area contributed by atoms with Gasteiger partial charge in [0.15, 0.2) is 0 Å². The summed E-state index contributed by atoms with van der Waals surface area (Å²) < 4.78 is 26.4. The maximum Gasteiger partial charge on any atom is 0.320 e. The minimum atomic E-state index is -1.11. The Hall–Kier alpha value is -3.16. The largest absolute Gasteiger partial charge is 0.481 e. The SMILES string of the molecule is O=C(N1CCN(c2ccc(F)cc2)CC1)N1CCC(C(=O)O)(c2ccc(F)cc2)CC1. The van der Waals surface area contributed by atoms with Crippen molar-refractivity contribution in [2.24, 2.45) is 0 Å². The Morgan fingerprint density at radius 2 is 1.23 bits per heavy atom. The van der Waals surface area contributed by atoms with E-state index >= 15 is 0 Å². The summed E-state index contributed by atoms with van der Waals surface area (Å²) in [5.41, 5.74) is 0.393. The highest BCUT2D eigenvalue weighted by Gasteiger charge is 2.44. The molecule has 0 atom stereocenters. The summed E-state index contributed by atoms with van der Waals surface area (Å²) >= 11 is 0. The van der Waals surface area contributed by atoms with E-state index in [1.54, 1.807) is 21.9 Å². The molecule has 4 rings (SSSR count). The van der Waals surface area contributed by atoms with Crippen LogP contribution in [0.2, 0.25) is 0 Å². The number of piperidine rings is 1. The molecule has 0 radical (unpaired) electrons.